The van der Waals surface area contributed by atoms with Gasteiger partial charge in [0.25, 0.3) is 0 Å². The standard InChI is InChI=1S/C14H22N2/c1-14(8-4-5-9-14)13(15-2)11-12-7-3-6-10-16-12/h3,6-7,10,13,15H,4-5,8-9,11H2,1-2H3. The Labute approximate surface area is 98.5 Å². The third-order valence-electron chi connectivity index (χ3n) is 4.07. The molecule has 0 saturated heterocycles. The largest absolute Gasteiger partial charge is 0.316 e. The molecule has 0 amide bonds. The van der Waals surface area contributed by atoms with E-state index in [0.29, 0.717) is 11.5 Å². The van der Waals surface area contributed by atoms with Crippen LogP contribution in [0.4, 0.5) is 0 Å². The van der Waals surface area contributed by atoms with Gasteiger partial charge in [0.05, 0.1) is 0 Å². The zero-order valence-corrected chi connectivity index (χ0v) is 10.4. The van der Waals surface area contributed by atoms with Crippen LogP contribution in [0.2, 0.25) is 0 Å². The lowest BCUT2D eigenvalue weighted by Crippen LogP contribution is -2.42. The molecule has 0 bridgehead atoms. The third-order valence-corrected chi connectivity index (χ3v) is 4.07. The van der Waals surface area contributed by atoms with E-state index in [1.165, 1.54) is 31.4 Å². The molecule has 1 N–H and O–H groups in total. The predicted molar refractivity (Wildman–Crippen MR) is 67.4 cm³/mol. The highest BCUT2D eigenvalue weighted by Crippen LogP contribution is 2.41. The molecule has 1 aromatic rings. The minimum atomic E-state index is 0.465. The maximum atomic E-state index is 4.43. The maximum Gasteiger partial charge on any atom is 0.0419 e. The molecule has 1 aromatic heterocycles. The molecule has 2 rings (SSSR count). The molecule has 1 fully saturated rings. The molecule has 2 nitrogen and oxygen atoms in total. The molecule has 1 aliphatic carbocycles. The molecule has 1 aliphatic rings. The van der Waals surface area contributed by atoms with Crippen molar-refractivity contribution in [3.05, 3.63) is 30.1 Å². The van der Waals surface area contributed by atoms with Crippen molar-refractivity contribution in [2.24, 2.45) is 5.41 Å². The van der Waals surface area contributed by atoms with Gasteiger partial charge in [0, 0.05) is 24.4 Å². The van der Waals surface area contributed by atoms with E-state index in [9.17, 15) is 0 Å². The minimum absolute atomic E-state index is 0.465. The lowest BCUT2D eigenvalue weighted by Gasteiger charge is -2.33. The average Bonchev–Trinajstić information content (AvgIpc) is 2.75. The van der Waals surface area contributed by atoms with Crippen LogP contribution in [0.5, 0.6) is 0 Å². The second-order valence-electron chi connectivity index (χ2n) is 5.23. The van der Waals surface area contributed by atoms with Gasteiger partial charge in [0.2, 0.25) is 0 Å². The van der Waals surface area contributed by atoms with Crippen molar-refractivity contribution < 1.29 is 0 Å². The molecule has 1 heterocycles. The fraction of sp³-hybridized carbons (Fsp3) is 0.643. The smallest absolute Gasteiger partial charge is 0.0419 e. The molecular weight excluding hydrogens is 196 g/mol. The molecule has 16 heavy (non-hydrogen) atoms. The molecule has 2 heteroatoms. The summed E-state index contributed by atoms with van der Waals surface area (Å²) < 4.78 is 0. The van der Waals surface area contributed by atoms with E-state index in [1.807, 2.05) is 12.3 Å². The Bertz CT molecular complexity index is 315. The Morgan fingerprint density at radius 3 is 2.69 bits per heavy atom. The van der Waals surface area contributed by atoms with Crippen LogP contribution in [0.1, 0.15) is 38.3 Å². The van der Waals surface area contributed by atoms with Gasteiger partial charge >= 0.3 is 0 Å². The first-order valence-corrected chi connectivity index (χ1v) is 6.32. The van der Waals surface area contributed by atoms with Crippen LogP contribution in [0, 0.1) is 5.41 Å². The Morgan fingerprint density at radius 1 is 1.38 bits per heavy atom. The van der Waals surface area contributed by atoms with Crippen molar-refractivity contribution in [3.63, 3.8) is 0 Å². The summed E-state index contributed by atoms with van der Waals surface area (Å²) in [7, 11) is 2.08. The van der Waals surface area contributed by atoms with Crippen molar-refractivity contribution in [2.75, 3.05) is 7.05 Å². The maximum absolute atomic E-state index is 4.43. The van der Waals surface area contributed by atoms with Gasteiger partial charge in [0.1, 0.15) is 0 Å². The lowest BCUT2D eigenvalue weighted by molar-refractivity contribution is 0.228. The number of rotatable bonds is 4. The van der Waals surface area contributed by atoms with E-state index < -0.39 is 0 Å². The quantitative estimate of drug-likeness (QED) is 0.840. The lowest BCUT2D eigenvalue weighted by atomic mass is 9.78. The zero-order chi connectivity index (χ0) is 11.4. The monoisotopic (exact) mass is 218 g/mol. The van der Waals surface area contributed by atoms with Crippen molar-refractivity contribution in [1.29, 1.82) is 0 Å². The first-order valence-electron chi connectivity index (χ1n) is 6.32. The molecule has 1 unspecified atom stereocenters. The Hall–Kier alpha value is -0.890. The van der Waals surface area contributed by atoms with E-state index in [4.69, 9.17) is 0 Å². The number of aromatic nitrogens is 1. The fourth-order valence-corrected chi connectivity index (χ4v) is 2.96. The summed E-state index contributed by atoms with van der Waals surface area (Å²) in [6.45, 7) is 2.42. The second kappa shape index (κ2) is 4.96. The van der Waals surface area contributed by atoms with E-state index in [1.54, 1.807) is 0 Å². The summed E-state index contributed by atoms with van der Waals surface area (Å²) in [6, 6.07) is 6.74. The Kier molecular flexibility index (Phi) is 3.59. The average molecular weight is 218 g/mol. The van der Waals surface area contributed by atoms with E-state index >= 15 is 0 Å². The number of hydrogen-bond donors (Lipinski definition) is 1. The van der Waals surface area contributed by atoms with Crippen LogP contribution >= 0.6 is 0 Å². The van der Waals surface area contributed by atoms with Crippen LogP contribution < -0.4 is 5.32 Å². The summed E-state index contributed by atoms with van der Waals surface area (Å²) in [4.78, 5) is 4.43. The van der Waals surface area contributed by atoms with Gasteiger partial charge in [-0.05, 0) is 37.4 Å². The van der Waals surface area contributed by atoms with Crippen molar-refractivity contribution in [2.45, 2.75) is 45.1 Å². The summed E-state index contributed by atoms with van der Waals surface area (Å²) in [5.41, 5.74) is 1.67. The number of nitrogens with one attached hydrogen (secondary N) is 1. The number of nitrogens with zero attached hydrogens (tertiary/aromatic N) is 1. The third kappa shape index (κ3) is 2.43. The molecule has 0 aromatic carbocycles. The molecular formula is C14H22N2. The summed E-state index contributed by atoms with van der Waals surface area (Å²) in [5.74, 6) is 0. The number of hydrogen-bond acceptors (Lipinski definition) is 2. The number of likely N-dealkylation sites (N-methyl/N-ethyl adjacent to an activating group) is 1. The van der Waals surface area contributed by atoms with Gasteiger partial charge in [-0.25, -0.2) is 0 Å². The van der Waals surface area contributed by atoms with Crippen LogP contribution in [0.15, 0.2) is 24.4 Å². The minimum Gasteiger partial charge on any atom is -0.316 e. The first-order chi connectivity index (χ1) is 7.74. The summed E-state index contributed by atoms with van der Waals surface area (Å²) in [5, 5.41) is 3.49. The molecule has 1 atom stereocenters. The van der Waals surface area contributed by atoms with Gasteiger partial charge in [-0.15, -0.1) is 0 Å². The molecule has 0 spiro atoms. The van der Waals surface area contributed by atoms with Crippen LogP contribution in [0.3, 0.4) is 0 Å². The predicted octanol–water partition coefficient (Wildman–Crippen LogP) is 2.79. The van der Waals surface area contributed by atoms with Gasteiger partial charge in [-0.1, -0.05) is 25.8 Å². The van der Waals surface area contributed by atoms with Gasteiger partial charge < -0.3 is 5.32 Å². The first kappa shape index (κ1) is 11.6. The van der Waals surface area contributed by atoms with Crippen molar-refractivity contribution in [3.8, 4) is 0 Å². The highest BCUT2D eigenvalue weighted by Gasteiger charge is 2.36. The van der Waals surface area contributed by atoms with Gasteiger partial charge in [-0.3, -0.25) is 4.98 Å². The van der Waals surface area contributed by atoms with E-state index in [-0.39, 0.29) is 0 Å². The Balaban J connectivity index is 2.06. The highest BCUT2D eigenvalue weighted by atomic mass is 14.9. The number of pyridine rings is 1. The topological polar surface area (TPSA) is 24.9 Å². The summed E-state index contributed by atoms with van der Waals surface area (Å²) >= 11 is 0. The molecule has 0 radical (unpaired) electrons. The van der Waals surface area contributed by atoms with Crippen molar-refractivity contribution >= 4 is 0 Å². The summed E-state index contributed by atoms with van der Waals surface area (Å²) in [6.07, 6.45) is 8.41. The van der Waals surface area contributed by atoms with Crippen LogP contribution in [-0.2, 0) is 6.42 Å². The van der Waals surface area contributed by atoms with Gasteiger partial charge in [0.15, 0.2) is 0 Å². The molecule has 88 valence electrons. The SMILES string of the molecule is CNC(Cc1ccccn1)C1(C)CCCC1. The molecule has 0 aliphatic heterocycles. The Morgan fingerprint density at radius 2 is 2.12 bits per heavy atom. The fourth-order valence-electron chi connectivity index (χ4n) is 2.96. The second-order valence-corrected chi connectivity index (χ2v) is 5.23. The van der Waals surface area contributed by atoms with Crippen LogP contribution in [0.25, 0.3) is 0 Å². The van der Waals surface area contributed by atoms with Crippen molar-refractivity contribution in [1.82, 2.24) is 10.3 Å². The molecule has 1 saturated carbocycles. The van der Waals surface area contributed by atoms with E-state index in [2.05, 4.69) is 36.4 Å². The van der Waals surface area contributed by atoms with Crippen LogP contribution in [-0.4, -0.2) is 18.1 Å². The van der Waals surface area contributed by atoms with E-state index in [0.717, 1.165) is 6.42 Å². The van der Waals surface area contributed by atoms with Gasteiger partial charge in [-0.2, -0.15) is 0 Å². The highest BCUT2D eigenvalue weighted by molar-refractivity contribution is 5.07. The normalized spacial score (nSPS) is 20.9. The zero-order valence-electron chi connectivity index (χ0n) is 10.4.